The maximum absolute atomic E-state index is 4.50. The molecule has 0 bridgehead atoms. The van der Waals surface area contributed by atoms with Gasteiger partial charge in [0.15, 0.2) is 0 Å². The summed E-state index contributed by atoms with van der Waals surface area (Å²) in [5.74, 6) is 0.886. The Balaban J connectivity index is 1.89. The summed E-state index contributed by atoms with van der Waals surface area (Å²) in [6.07, 6.45) is 4.07. The molecule has 0 aliphatic rings. The first-order chi connectivity index (χ1) is 8.81. The van der Waals surface area contributed by atoms with E-state index in [9.17, 15) is 0 Å². The molecule has 3 rings (SSSR count). The number of aromatic amines is 1. The first-order valence-corrected chi connectivity index (χ1v) is 6.01. The lowest BCUT2D eigenvalue weighted by molar-refractivity contribution is 1.29. The van der Waals surface area contributed by atoms with Gasteiger partial charge in [-0.25, -0.2) is 4.98 Å². The number of nitrogens with zero attached hydrogens (tertiary/aromatic N) is 1. The highest BCUT2D eigenvalue weighted by Crippen LogP contribution is 2.13. The molecular weight excluding hydrogens is 220 g/mol. The Bertz CT molecular complexity index is 657. The van der Waals surface area contributed by atoms with Gasteiger partial charge in [0, 0.05) is 0 Å². The second-order valence-electron chi connectivity index (χ2n) is 4.38. The van der Waals surface area contributed by atoms with Crippen LogP contribution in [0, 0.1) is 6.92 Å². The Morgan fingerprint density at radius 3 is 2.50 bits per heavy atom. The van der Waals surface area contributed by atoms with Crippen LogP contribution in [0.2, 0.25) is 0 Å². The zero-order chi connectivity index (χ0) is 12.4. The SMILES string of the molecule is Cc1ccc(/C=C/c2nc3ccccc3[nH]2)cc1. The first-order valence-electron chi connectivity index (χ1n) is 6.01. The largest absolute Gasteiger partial charge is 0.338 e. The summed E-state index contributed by atoms with van der Waals surface area (Å²) in [5.41, 5.74) is 4.53. The third-order valence-electron chi connectivity index (χ3n) is 2.92. The number of imidazole rings is 1. The highest BCUT2D eigenvalue weighted by Gasteiger charge is 1.97. The van der Waals surface area contributed by atoms with E-state index in [1.807, 2.05) is 30.3 Å². The van der Waals surface area contributed by atoms with Crippen molar-refractivity contribution in [1.29, 1.82) is 0 Å². The molecule has 18 heavy (non-hydrogen) atoms. The van der Waals surface area contributed by atoms with Gasteiger partial charge in [0.25, 0.3) is 0 Å². The van der Waals surface area contributed by atoms with E-state index in [-0.39, 0.29) is 0 Å². The van der Waals surface area contributed by atoms with Crippen molar-refractivity contribution in [2.24, 2.45) is 0 Å². The predicted octanol–water partition coefficient (Wildman–Crippen LogP) is 4.04. The van der Waals surface area contributed by atoms with Crippen molar-refractivity contribution in [3.8, 4) is 0 Å². The summed E-state index contributed by atoms with van der Waals surface area (Å²) in [7, 11) is 0. The van der Waals surface area contributed by atoms with Gasteiger partial charge in [-0.15, -0.1) is 0 Å². The molecule has 0 radical (unpaired) electrons. The Hall–Kier alpha value is -2.35. The zero-order valence-electron chi connectivity index (χ0n) is 10.2. The smallest absolute Gasteiger partial charge is 0.131 e. The Morgan fingerprint density at radius 1 is 0.944 bits per heavy atom. The second-order valence-corrected chi connectivity index (χ2v) is 4.38. The standard InChI is InChI=1S/C16H14N2/c1-12-6-8-13(9-7-12)10-11-16-17-14-4-2-3-5-15(14)18-16/h2-11H,1H3,(H,17,18)/b11-10+. The Labute approximate surface area is 106 Å². The van der Waals surface area contributed by atoms with Crippen molar-refractivity contribution in [2.75, 3.05) is 0 Å². The summed E-state index contributed by atoms with van der Waals surface area (Å²) in [5, 5.41) is 0. The quantitative estimate of drug-likeness (QED) is 0.712. The molecule has 2 aromatic carbocycles. The van der Waals surface area contributed by atoms with Crippen LogP contribution in [-0.2, 0) is 0 Å². The Kier molecular flexibility index (Phi) is 2.69. The van der Waals surface area contributed by atoms with Crippen molar-refractivity contribution in [1.82, 2.24) is 9.97 Å². The van der Waals surface area contributed by atoms with E-state index in [1.165, 1.54) is 11.1 Å². The number of nitrogens with one attached hydrogen (secondary N) is 1. The highest BCUT2D eigenvalue weighted by molar-refractivity contribution is 5.78. The van der Waals surface area contributed by atoms with E-state index >= 15 is 0 Å². The fourth-order valence-corrected chi connectivity index (χ4v) is 1.90. The topological polar surface area (TPSA) is 28.7 Å². The maximum Gasteiger partial charge on any atom is 0.131 e. The van der Waals surface area contributed by atoms with E-state index in [2.05, 4.69) is 47.2 Å². The molecule has 1 heterocycles. The summed E-state index contributed by atoms with van der Waals surface area (Å²) in [6, 6.07) is 16.5. The molecule has 2 nitrogen and oxygen atoms in total. The lowest BCUT2D eigenvalue weighted by atomic mass is 10.1. The first kappa shape index (κ1) is 10.8. The lowest BCUT2D eigenvalue weighted by Gasteiger charge is -1.93. The van der Waals surface area contributed by atoms with Crippen LogP contribution < -0.4 is 0 Å². The third kappa shape index (κ3) is 2.18. The number of aromatic nitrogens is 2. The molecule has 0 aliphatic carbocycles. The molecule has 0 atom stereocenters. The number of para-hydroxylation sites is 2. The van der Waals surface area contributed by atoms with Crippen molar-refractivity contribution in [3.63, 3.8) is 0 Å². The van der Waals surface area contributed by atoms with Gasteiger partial charge >= 0.3 is 0 Å². The second kappa shape index (κ2) is 4.49. The summed E-state index contributed by atoms with van der Waals surface area (Å²) < 4.78 is 0. The molecule has 2 heteroatoms. The molecule has 0 amide bonds. The fourth-order valence-electron chi connectivity index (χ4n) is 1.90. The van der Waals surface area contributed by atoms with Crippen LogP contribution >= 0.6 is 0 Å². The van der Waals surface area contributed by atoms with Gasteiger partial charge < -0.3 is 4.98 Å². The average Bonchev–Trinajstić information content (AvgIpc) is 2.81. The molecule has 88 valence electrons. The summed E-state index contributed by atoms with van der Waals surface area (Å²) in [4.78, 5) is 7.78. The number of hydrogen-bond donors (Lipinski definition) is 1. The van der Waals surface area contributed by atoms with Crippen molar-refractivity contribution >= 4 is 23.2 Å². The van der Waals surface area contributed by atoms with Crippen LogP contribution in [0.5, 0.6) is 0 Å². The number of aryl methyl sites for hydroxylation is 1. The van der Waals surface area contributed by atoms with Crippen LogP contribution in [0.1, 0.15) is 17.0 Å². The van der Waals surface area contributed by atoms with E-state index in [0.29, 0.717) is 0 Å². The minimum absolute atomic E-state index is 0.886. The summed E-state index contributed by atoms with van der Waals surface area (Å²) in [6.45, 7) is 2.09. The van der Waals surface area contributed by atoms with Crippen molar-refractivity contribution in [3.05, 3.63) is 65.5 Å². The van der Waals surface area contributed by atoms with Gasteiger partial charge in [-0.05, 0) is 30.7 Å². The fraction of sp³-hybridized carbons (Fsp3) is 0.0625. The summed E-state index contributed by atoms with van der Waals surface area (Å²) >= 11 is 0. The minimum Gasteiger partial charge on any atom is -0.338 e. The highest BCUT2D eigenvalue weighted by atomic mass is 14.9. The molecule has 0 fully saturated rings. The Morgan fingerprint density at radius 2 is 1.72 bits per heavy atom. The van der Waals surface area contributed by atoms with Gasteiger partial charge in [-0.1, -0.05) is 48.0 Å². The number of H-pyrrole nitrogens is 1. The zero-order valence-corrected chi connectivity index (χ0v) is 10.2. The monoisotopic (exact) mass is 234 g/mol. The van der Waals surface area contributed by atoms with Crippen LogP contribution in [0.15, 0.2) is 48.5 Å². The normalized spacial score (nSPS) is 11.4. The van der Waals surface area contributed by atoms with Gasteiger partial charge in [0.05, 0.1) is 11.0 Å². The van der Waals surface area contributed by atoms with Gasteiger partial charge in [-0.3, -0.25) is 0 Å². The molecule has 3 aromatic rings. The molecule has 0 aliphatic heterocycles. The van der Waals surface area contributed by atoms with Crippen LogP contribution in [0.3, 0.4) is 0 Å². The van der Waals surface area contributed by atoms with E-state index < -0.39 is 0 Å². The number of hydrogen-bond acceptors (Lipinski definition) is 1. The van der Waals surface area contributed by atoms with Gasteiger partial charge in [0.1, 0.15) is 5.82 Å². The van der Waals surface area contributed by atoms with E-state index in [0.717, 1.165) is 16.9 Å². The van der Waals surface area contributed by atoms with E-state index in [4.69, 9.17) is 0 Å². The number of benzene rings is 2. The molecule has 0 saturated heterocycles. The number of fused-ring (bicyclic) bond motifs is 1. The molecular formula is C16H14N2. The van der Waals surface area contributed by atoms with E-state index in [1.54, 1.807) is 0 Å². The van der Waals surface area contributed by atoms with Crippen LogP contribution in [0.4, 0.5) is 0 Å². The average molecular weight is 234 g/mol. The van der Waals surface area contributed by atoms with Gasteiger partial charge in [0.2, 0.25) is 0 Å². The van der Waals surface area contributed by atoms with Crippen molar-refractivity contribution < 1.29 is 0 Å². The third-order valence-corrected chi connectivity index (χ3v) is 2.92. The minimum atomic E-state index is 0.886. The maximum atomic E-state index is 4.50. The molecule has 0 saturated carbocycles. The predicted molar refractivity (Wildman–Crippen MR) is 76.2 cm³/mol. The van der Waals surface area contributed by atoms with Crippen LogP contribution in [-0.4, -0.2) is 9.97 Å². The van der Waals surface area contributed by atoms with Crippen molar-refractivity contribution in [2.45, 2.75) is 6.92 Å². The molecule has 0 spiro atoms. The molecule has 0 unspecified atom stereocenters. The van der Waals surface area contributed by atoms with Gasteiger partial charge in [-0.2, -0.15) is 0 Å². The lowest BCUT2D eigenvalue weighted by Crippen LogP contribution is -1.76. The molecule has 1 aromatic heterocycles. The van der Waals surface area contributed by atoms with Crippen LogP contribution in [0.25, 0.3) is 23.2 Å². The molecule has 1 N–H and O–H groups in total. The number of rotatable bonds is 2.